The fourth-order valence-corrected chi connectivity index (χ4v) is 2.69. The molecule has 2 rings (SSSR count). The van der Waals surface area contributed by atoms with E-state index in [1.165, 1.54) is 19.3 Å². The quantitative estimate of drug-likeness (QED) is 0.559. The van der Waals surface area contributed by atoms with E-state index in [0.29, 0.717) is 4.83 Å². The predicted octanol–water partition coefficient (Wildman–Crippen LogP) is 4.03. The molecule has 1 aromatic carbocycles. The Bertz CT molecular complexity index is 333. The van der Waals surface area contributed by atoms with Crippen LogP contribution in [0.4, 0.5) is 0 Å². The highest BCUT2D eigenvalue weighted by Gasteiger charge is 2.28. The number of methoxy groups -OCH3 is 1. The third-order valence-corrected chi connectivity index (χ3v) is 4.29. The van der Waals surface area contributed by atoms with Crippen LogP contribution in [0.15, 0.2) is 24.3 Å². The Morgan fingerprint density at radius 1 is 1.24 bits per heavy atom. The molecule has 3 heteroatoms. The van der Waals surface area contributed by atoms with Gasteiger partial charge in [0, 0.05) is 4.83 Å². The van der Waals surface area contributed by atoms with E-state index in [-0.39, 0.29) is 0 Å². The average Bonchev–Trinajstić information content (AvgIpc) is 3.19. The molecule has 0 amide bonds. The van der Waals surface area contributed by atoms with E-state index in [4.69, 9.17) is 9.47 Å². The zero-order valence-corrected chi connectivity index (χ0v) is 11.8. The van der Waals surface area contributed by atoms with Gasteiger partial charge in [0.15, 0.2) is 0 Å². The highest BCUT2D eigenvalue weighted by Crippen LogP contribution is 2.38. The van der Waals surface area contributed by atoms with Gasteiger partial charge in [0.1, 0.15) is 11.5 Å². The van der Waals surface area contributed by atoms with Gasteiger partial charge in [0.05, 0.1) is 13.7 Å². The smallest absolute Gasteiger partial charge is 0.119 e. The van der Waals surface area contributed by atoms with Gasteiger partial charge in [0.2, 0.25) is 0 Å². The molecule has 0 N–H and O–H groups in total. The van der Waals surface area contributed by atoms with Gasteiger partial charge in [-0.05, 0) is 55.9 Å². The van der Waals surface area contributed by atoms with Gasteiger partial charge in [-0.1, -0.05) is 15.9 Å². The second-order valence-corrected chi connectivity index (χ2v) is 5.70. The molecule has 0 radical (unpaired) electrons. The monoisotopic (exact) mass is 298 g/mol. The van der Waals surface area contributed by atoms with Gasteiger partial charge >= 0.3 is 0 Å². The summed E-state index contributed by atoms with van der Waals surface area (Å²) in [6.45, 7) is 0.793. The lowest BCUT2D eigenvalue weighted by molar-refractivity contribution is 0.304. The number of alkyl halides is 1. The summed E-state index contributed by atoms with van der Waals surface area (Å²) >= 11 is 3.74. The summed E-state index contributed by atoms with van der Waals surface area (Å²) in [7, 11) is 1.67. The first kappa shape index (κ1) is 12.7. The van der Waals surface area contributed by atoms with Gasteiger partial charge in [-0.2, -0.15) is 0 Å². The van der Waals surface area contributed by atoms with Crippen LogP contribution in [-0.4, -0.2) is 18.5 Å². The first-order valence-corrected chi connectivity index (χ1v) is 7.12. The summed E-state index contributed by atoms with van der Waals surface area (Å²) < 4.78 is 10.8. The van der Waals surface area contributed by atoms with Crippen molar-refractivity contribution < 1.29 is 9.47 Å². The van der Waals surface area contributed by atoms with Crippen molar-refractivity contribution in [2.24, 2.45) is 5.92 Å². The minimum Gasteiger partial charge on any atom is -0.497 e. The number of ether oxygens (including phenoxy) is 2. The summed E-state index contributed by atoms with van der Waals surface area (Å²) in [6.07, 6.45) is 5.11. The minimum atomic E-state index is 0.696. The molecule has 94 valence electrons. The van der Waals surface area contributed by atoms with E-state index in [2.05, 4.69) is 15.9 Å². The lowest BCUT2D eigenvalue weighted by Crippen LogP contribution is -2.04. The van der Waals surface area contributed by atoms with E-state index in [9.17, 15) is 0 Å². The summed E-state index contributed by atoms with van der Waals surface area (Å²) in [5.74, 6) is 2.71. The minimum absolute atomic E-state index is 0.696. The molecule has 1 fully saturated rings. The normalized spacial score (nSPS) is 16.6. The third kappa shape index (κ3) is 4.23. The maximum absolute atomic E-state index is 5.68. The number of halogens is 1. The second kappa shape index (κ2) is 6.29. The van der Waals surface area contributed by atoms with Crippen LogP contribution in [0.2, 0.25) is 0 Å². The van der Waals surface area contributed by atoms with Gasteiger partial charge in [0.25, 0.3) is 0 Å². The largest absolute Gasteiger partial charge is 0.497 e. The van der Waals surface area contributed by atoms with Crippen LogP contribution >= 0.6 is 15.9 Å². The molecule has 0 aliphatic heterocycles. The topological polar surface area (TPSA) is 18.5 Å². The lowest BCUT2D eigenvalue weighted by Gasteiger charge is -2.09. The van der Waals surface area contributed by atoms with Crippen molar-refractivity contribution >= 4 is 15.9 Å². The van der Waals surface area contributed by atoms with E-state index < -0.39 is 0 Å². The number of benzene rings is 1. The summed E-state index contributed by atoms with van der Waals surface area (Å²) in [5.41, 5.74) is 0. The summed E-state index contributed by atoms with van der Waals surface area (Å²) in [5, 5.41) is 0. The summed E-state index contributed by atoms with van der Waals surface area (Å²) in [6, 6.07) is 7.75. The van der Waals surface area contributed by atoms with Gasteiger partial charge in [-0.15, -0.1) is 0 Å². The van der Waals surface area contributed by atoms with Gasteiger partial charge < -0.3 is 9.47 Å². The Hall–Kier alpha value is -0.700. The predicted molar refractivity (Wildman–Crippen MR) is 73.2 cm³/mol. The zero-order valence-electron chi connectivity index (χ0n) is 10.2. The number of rotatable bonds is 7. The van der Waals surface area contributed by atoms with Crippen LogP contribution in [0, 0.1) is 5.92 Å². The molecule has 0 bridgehead atoms. The van der Waals surface area contributed by atoms with Crippen molar-refractivity contribution in [3.05, 3.63) is 24.3 Å². The van der Waals surface area contributed by atoms with Crippen molar-refractivity contribution in [1.82, 2.24) is 0 Å². The molecule has 17 heavy (non-hydrogen) atoms. The molecule has 0 heterocycles. The second-order valence-electron chi connectivity index (χ2n) is 4.52. The Morgan fingerprint density at radius 3 is 2.47 bits per heavy atom. The highest BCUT2D eigenvalue weighted by molar-refractivity contribution is 9.09. The van der Waals surface area contributed by atoms with Crippen LogP contribution in [0.1, 0.15) is 25.7 Å². The van der Waals surface area contributed by atoms with E-state index >= 15 is 0 Å². The third-order valence-electron chi connectivity index (χ3n) is 3.09. The van der Waals surface area contributed by atoms with Crippen molar-refractivity contribution in [2.75, 3.05) is 13.7 Å². The van der Waals surface area contributed by atoms with E-state index in [1.807, 2.05) is 24.3 Å². The van der Waals surface area contributed by atoms with E-state index in [0.717, 1.165) is 30.4 Å². The van der Waals surface area contributed by atoms with Gasteiger partial charge in [-0.25, -0.2) is 0 Å². The van der Waals surface area contributed by atoms with Crippen molar-refractivity contribution in [2.45, 2.75) is 30.5 Å². The number of hydrogen-bond acceptors (Lipinski definition) is 2. The fourth-order valence-electron chi connectivity index (χ4n) is 1.83. The van der Waals surface area contributed by atoms with E-state index in [1.54, 1.807) is 7.11 Å². The van der Waals surface area contributed by atoms with Crippen molar-refractivity contribution in [3.8, 4) is 11.5 Å². The number of hydrogen-bond donors (Lipinski definition) is 0. The Morgan fingerprint density at radius 2 is 1.88 bits per heavy atom. The first-order chi connectivity index (χ1) is 8.29. The summed E-state index contributed by atoms with van der Waals surface area (Å²) in [4.78, 5) is 0.696. The average molecular weight is 299 g/mol. The molecule has 1 aliphatic carbocycles. The molecule has 1 atom stereocenters. The molecule has 0 spiro atoms. The molecule has 1 unspecified atom stereocenters. The zero-order chi connectivity index (χ0) is 12.1. The molecule has 0 saturated heterocycles. The maximum Gasteiger partial charge on any atom is 0.119 e. The first-order valence-electron chi connectivity index (χ1n) is 6.20. The Kier molecular flexibility index (Phi) is 4.72. The van der Waals surface area contributed by atoms with Crippen LogP contribution < -0.4 is 9.47 Å². The van der Waals surface area contributed by atoms with Crippen LogP contribution in [-0.2, 0) is 0 Å². The molecular weight excluding hydrogens is 280 g/mol. The molecule has 0 aromatic heterocycles. The Balaban J connectivity index is 1.63. The lowest BCUT2D eigenvalue weighted by atomic mass is 10.2. The standard InChI is InChI=1S/C14H19BrO2/c1-16-12-6-8-13(9-7-12)17-10-2-3-14(15)11-4-5-11/h6-9,11,14H,2-5,10H2,1H3. The molecule has 2 nitrogen and oxygen atoms in total. The van der Waals surface area contributed by atoms with Crippen molar-refractivity contribution in [1.29, 1.82) is 0 Å². The SMILES string of the molecule is COc1ccc(OCCCC(Br)C2CC2)cc1. The van der Waals surface area contributed by atoms with Gasteiger partial charge in [-0.3, -0.25) is 0 Å². The van der Waals surface area contributed by atoms with Crippen LogP contribution in [0.3, 0.4) is 0 Å². The highest BCUT2D eigenvalue weighted by atomic mass is 79.9. The maximum atomic E-state index is 5.68. The molecular formula is C14H19BrO2. The van der Waals surface area contributed by atoms with Crippen LogP contribution in [0.5, 0.6) is 11.5 Å². The molecule has 1 aliphatic rings. The molecule has 1 saturated carbocycles. The van der Waals surface area contributed by atoms with Crippen LogP contribution in [0.25, 0.3) is 0 Å². The fraction of sp³-hybridized carbons (Fsp3) is 0.571. The Labute approximate surface area is 111 Å². The van der Waals surface area contributed by atoms with Crippen molar-refractivity contribution in [3.63, 3.8) is 0 Å². The molecule has 1 aromatic rings.